The number of halogens is 1. The summed E-state index contributed by atoms with van der Waals surface area (Å²) in [7, 11) is 0. The Bertz CT molecular complexity index is 468. The molecule has 1 aliphatic rings. The molecule has 1 aliphatic heterocycles. The Hall–Kier alpha value is -1.07. The summed E-state index contributed by atoms with van der Waals surface area (Å²) in [4.78, 5) is 12.2. The molecule has 0 aliphatic carbocycles. The molecule has 0 saturated carbocycles. The minimum Gasteiger partial charge on any atom is -0.399 e. The summed E-state index contributed by atoms with van der Waals surface area (Å²) in [5.41, 5.74) is 6.72. The highest BCUT2D eigenvalue weighted by Crippen LogP contribution is 2.24. The molecule has 1 amide bonds. The Labute approximate surface area is 121 Å². The molecule has 5 heteroatoms. The molecule has 0 radical (unpaired) electrons. The molecule has 0 spiro atoms. The summed E-state index contributed by atoms with van der Waals surface area (Å²) in [5.74, 6) is -0.0873. The van der Waals surface area contributed by atoms with Crippen LogP contribution in [0.5, 0.6) is 0 Å². The average molecular weight is 327 g/mol. The first-order valence-corrected chi connectivity index (χ1v) is 7.16. The van der Waals surface area contributed by atoms with Crippen molar-refractivity contribution in [2.24, 2.45) is 0 Å². The quantitative estimate of drug-likeness (QED) is 0.821. The normalized spacial score (nSPS) is 21.9. The van der Waals surface area contributed by atoms with Crippen LogP contribution < -0.4 is 11.1 Å². The van der Waals surface area contributed by atoms with Gasteiger partial charge < -0.3 is 15.8 Å². The van der Waals surface area contributed by atoms with Gasteiger partial charge in [0.2, 0.25) is 0 Å². The lowest BCUT2D eigenvalue weighted by Crippen LogP contribution is -2.45. The standard InChI is InChI=1S/C14H19BrN2O2/c1-14(2)8-12(3-4-19-14)17-13(18)9-5-10(15)7-11(16)6-9/h5-7,12H,3-4,8,16H2,1-2H3,(H,17,18). The van der Waals surface area contributed by atoms with Gasteiger partial charge in [0, 0.05) is 28.4 Å². The minimum absolute atomic E-state index is 0.0873. The van der Waals surface area contributed by atoms with Gasteiger partial charge in [0.05, 0.1) is 5.60 Å². The number of nitrogen functional groups attached to an aromatic ring is 1. The van der Waals surface area contributed by atoms with Crippen LogP contribution in [0.1, 0.15) is 37.0 Å². The van der Waals surface area contributed by atoms with Gasteiger partial charge in [0.25, 0.3) is 5.91 Å². The van der Waals surface area contributed by atoms with E-state index in [4.69, 9.17) is 10.5 Å². The van der Waals surface area contributed by atoms with E-state index in [1.807, 2.05) is 13.8 Å². The van der Waals surface area contributed by atoms with E-state index in [1.54, 1.807) is 18.2 Å². The van der Waals surface area contributed by atoms with E-state index < -0.39 is 0 Å². The van der Waals surface area contributed by atoms with Crippen LogP contribution in [0, 0.1) is 0 Å². The van der Waals surface area contributed by atoms with Crippen molar-refractivity contribution in [1.29, 1.82) is 0 Å². The summed E-state index contributed by atoms with van der Waals surface area (Å²) in [6.45, 7) is 4.77. The van der Waals surface area contributed by atoms with Gasteiger partial charge in [0.1, 0.15) is 0 Å². The van der Waals surface area contributed by atoms with E-state index >= 15 is 0 Å². The largest absolute Gasteiger partial charge is 0.399 e. The first-order chi connectivity index (χ1) is 8.85. The lowest BCUT2D eigenvalue weighted by molar-refractivity contribution is -0.0615. The van der Waals surface area contributed by atoms with E-state index in [1.165, 1.54) is 0 Å². The van der Waals surface area contributed by atoms with Crippen LogP contribution in [0.4, 0.5) is 5.69 Å². The maximum atomic E-state index is 12.2. The number of nitrogens with two attached hydrogens (primary N) is 1. The SMILES string of the molecule is CC1(C)CC(NC(=O)c2cc(N)cc(Br)c2)CCO1. The molecule has 1 fully saturated rings. The van der Waals surface area contributed by atoms with Gasteiger partial charge in [0.15, 0.2) is 0 Å². The molecule has 1 unspecified atom stereocenters. The second-order valence-corrected chi connectivity index (χ2v) is 6.46. The number of benzene rings is 1. The number of anilines is 1. The van der Waals surface area contributed by atoms with Crippen LogP contribution in [0.25, 0.3) is 0 Å². The predicted molar refractivity (Wildman–Crippen MR) is 79.1 cm³/mol. The van der Waals surface area contributed by atoms with Crippen molar-refractivity contribution < 1.29 is 9.53 Å². The van der Waals surface area contributed by atoms with Crippen LogP contribution >= 0.6 is 15.9 Å². The van der Waals surface area contributed by atoms with Crippen LogP contribution in [0.3, 0.4) is 0 Å². The second kappa shape index (κ2) is 5.51. The third kappa shape index (κ3) is 3.94. The van der Waals surface area contributed by atoms with Crippen molar-refractivity contribution in [1.82, 2.24) is 5.32 Å². The van der Waals surface area contributed by atoms with E-state index in [9.17, 15) is 4.79 Å². The zero-order chi connectivity index (χ0) is 14.0. The van der Waals surface area contributed by atoms with Gasteiger partial charge in [-0.25, -0.2) is 0 Å². The molecular formula is C14H19BrN2O2. The van der Waals surface area contributed by atoms with E-state index in [-0.39, 0.29) is 17.6 Å². The Morgan fingerprint density at radius 2 is 2.21 bits per heavy atom. The van der Waals surface area contributed by atoms with Crippen molar-refractivity contribution in [3.8, 4) is 0 Å². The molecule has 1 heterocycles. The molecule has 4 nitrogen and oxygen atoms in total. The van der Waals surface area contributed by atoms with E-state index in [2.05, 4.69) is 21.2 Å². The van der Waals surface area contributed by atoms with Crippen molar-refractivity contribution in [3.05, 3.63) is 28.2 Å². The smallest absolute Gasteiger partial charge is 0.251 e. The lowest BCUT2D eigenvalue weighted by atomic mass is 9.94. The topological polar surface area (TPSA) is 64.4 Å². The molecule has 104 valence electrons. The number of ether oxygens (including phenoxy) is 1. The molecule has 0 aromatic heterocycles. The Balaban J connectivity index is 2.04. The zero-order valence-electron chi connectivity index (χ0n) is 11.2. The first-order valence-electron chi connectivity index (χ1n) is 6.37. The third-order valence-electron chi connectivity index (χ3n) is 3.21. The van der Waals surface area contributed by atoms with E-state index in [0.717, 1.165) is 17.3 Å². The van der Waals surface area contributed by atoms with Gasteiger partial charge in [-0.05, 0) is 44.9 Å². The van der Waals surface area contributed by atoms with Crippen LogP contribution in [0.15, 0.2) is 22.7 Å². The highest BCUT2D eigenvalue weighted by Gasteiger charge is 2.29. The maximum absolute atomic E-state index is 12.2. The molecule has 3 N–H and O–H groups in total. The summed E-state index contributed by atoms with van der Waals surface area (Å²) < 4.78 is 6.45. The van der Waals surface area contributed by atoms with Crippen molar-refractivity contribution in [2.75, 3.05) is 12.3 Å². The summed E-state index contributed by atoms with van der Waals surface area (Å²) in [6, 6.07) is 5.38. The predicted octanol–water partition coefficient (Wildman–Crippen LogP) is 2.72. The molecule has 1 atom stereocenters. The Morgan fingerprint density at radius 1 is 1.47 bits per heavy atom. The number of hydrogen-bond acceptors (Lipinski definition) is 3. The third-order valence-corrected chi connectivity index (χ3v) is 3.67. The molecular weight excluding hydrogens is 308 g/mol. The molecule has 19 heavy (non-hydrogen) atoms. The summed E-state index contributed by atoms with van der Waals surface area (Å²) in [5, 5.41) is 3.05. The molecule has 1 aromatic rings. The number of carbonyl (C=O) groups is 1. The van der Waals surface area contributed by atoms with Gasteiger partial charge in [-0.15, -0.1) is 0 Å². The number of amides is 1. The van der Waals surface area contributed by atoms with E-state index in [0.29, 0.717) is 17.9 Å². The van der Waals surface area contributed by atoms with Crippen molar-refractivity contribution in [2.45, 2.75) is 38.3 Å². The average Bonchev–Trinajstić information content (AvgIpc) is 2.26. The van der Waals surface area contributed by atoms with Crippen LogP contribution in [-0.4, -0.2) is 24.2 Å². The number of nitrogens with one attached hydrogen (secondary N) is 1. The fourth-order valence-corrected chi connectivity index (χ4v) is 2.88. The van der Waals surface area contributed by atoms with Crippen LogP contribution in [-0.2, 0) is 4.74 Å². The zero-order valence-corrected chi connectivity index (χ0v) is 12.8. The van der Waals surface area contributed by atoms with Crippen molar-refractivity contribution in [3.63, 3.8) is 0 Å². The first kappa shape index (κ1) is 14.3. The molecule has 1 saturated heterocycles. The number of carbonyl (C=O) groups excluding carboxylic acids is 1. The van der Waals surface area contributed by atoms with Gasteiger partial charge in [-0.3, -0.25) is 4.79 Å². The minimum atomic E-state index is -0.174. The fourth-order valence-electron chi connectivity index (χ4n) is 2.37. The molecule has 0 bridgehead atoms. The van der Waals surface area contributed by atoms with Gasteiger partial charge >= 0.3 is 0 Å². The highest BCUT2D eigenvalue weighted by atomic mass is 79.9. The second-order valence-electron chi connectivity index (χ2n) is 5.54. The fraction of sp³-hybridized carbons (Fsp3) is 0.500. The monoisotopic (exact) mass is 326 g/mol. The van der Waals surface area contributed by atoms with Crippen molar-refractivity contribution >= 4 is 27.5 Å². The summed E-state index contributed by atoms with van der Waals surface area (Å²) in [6.07, 6.45) is 1.67. The van der Waals surface area contributed by atoms with Gasteiger partial charge in [-0.1, -0.05) is 15.9 Å². The lowest BCUT2D eigenvalue weighted by Gasteiger charge is -2.35. The number of rotatable bonds is 2. The maximum Gasteiger partial charge on any atom is 0.251 e. The Morgan fingerprint density at radius 3 is 2.84 bits per heavy atom. The molecule has 1 aromatic carbocycles. The Kier molecular flexibility index (Phi) is 4.16. The molecule has 2 rings (SSSR count). The number of hydrogen-bond donors (Lipinski definition) is 2. The highest BCUT2D eigenvalue weighted by molar-refractivity contribution is 9.10. The van der Waals surface area contributed by atoms with Gasteiger partial charge in [-0.2, -0.15) is 0 Å². The van der Waals surface area contributed by atoms with Crippen LogP contribution in [0.2, 0.25) is 0 Å². The summed E-state index contributed by atoms with van der Waals surface area (Å²) >= 11 is 3.34.